The fourth-order valence-electron chi connectivity index (χ4n) is 0.921. The highest BCUT2D eigenvalue weighted by molar-refractivity contribution is 6.16. The lowest BCUT2D eigenvalue weighted by Gasteiger charge is -2.10. The lowest BCUT2D eigenvalue weighted by molar-refractivity contribution is -0.120. The van der Waals surface area contributed by atoms with Gasteiger partial charge in [-0.25, -0.2) is 4.98 Å². The molecular weight excluding hydrogens is 178 g/mol. The van der Waals surface area contributed by atoms with E-state index in [9.17, 15) is 4.79 Å². The van der Waals surface area contributed by atoms with Gasteiger partial charge in [-0.3, -0.25) is 4.79 Å². The minimum atomic E-state index is -0.389. The van der Waals surface area contributed by atoms with Gasteiger partial charge in [0.05, 0.1) is 17.9 Å². The van der Waals surface area contributed by atoms with Gasteiger partial charge in [0.1, 0.15) is 6.04 Å². The maximum atomic E-state index is 10.8. The molecule has 1 aromatic heterocycles. The summed E-state index contributed by atoms with van der Waals surface area (Å²) in [5, 5.41) is 0. The fourth-order valence-corrected chi connectivity index (χ4v) is 1.13. The van der Waals surface area contributed by atoms with Gasteiger partial charge in [0.2, 0.25) is 5.91 Å². The van der Waals surface area contributed by atoms with Crippen LogP contribution in [0.15, 0.2) is 12.5 Å². The van der Waals surface area contributed by atoms with Gasteiger partial charge in [-0.2, -0.15) is 0 Å². The number of imidazole rings is 1. The van der Waals surface area contributed by atoms with Crippen molar-refractivity contribution in [2.24, 2.45) is 5.73 Å². The number of amides is 1. The molecule has 66 valence electrons. The summed E-state index contributed by atoms with van der Waals surface area (Å²) in [5.41, 5.74) is 5.91. The monoisotopic (exact) mass is 187 g/mol. The summed E-state index contributed by atoms with van der Waals surface area (Å²) in [5.74, 6) is -0.0585. The van der Waals surface area contributed by atoms with E-state index in [4.69, 9.17) is 17.3 Å². The zero-order valence-electron chi connectivity index (χ0n) is 6.70. The maximum Gasteiger partial charge on any atom is 0.240 e. The minimum absolute atomic E-state index is 0.331. The number of hydrogen-bond acceptors (Lipinski definition) is 2. The van der Waals surface area contributed by atoms with Crippen molar-refractivity contribution >= 4 is 17.5 Å². The lowest BCUT2D eigenvalue weighted by atomic mass is 10.3. The number of alkyl halides is 1. The molecule has 0 aromatic carbocycles. The van der Waals surface area contributed by atoms with Gasteiger partial charge < -0.3 is 10.3 Å². The Hall–Kier alpha value is -1.03. The van der Waals surface area contributed by atoms with Crippen molar-refractivity contribution in [2.45, 2.75) is 18.8 Å². The van der Waals surface area contributed by atoms with Crippen molar-refractivity contribution in [3.8, 4) is 0 Å². The topological polar surface area (TPSA) is 60.9 Å². The predicted octanol–water partition coefficient (Wildman–Crippen LogP) is 0.668. The smallest absolute Gasteiger partial charge is 0.240 e. The molecule has 2 N–H and O–H groups in total. The van der Waals surface area contributed by atoms with Crippen LogP contribution in [0.2, 0.25) is 0 Å². The summed E-state index contributed by atoms with van der Waals surface area (Å²) >= 11 is 5.61. The number of nitrogens with zero attached hydrogens (tertiary/aromatic N) is 2. The van der Waals surface area contributed by atoms with E-state index in [0.717, 1.165) is 5.69 Å². The molecular formula is C7H10ClN3O. The molecule has 5 heteroatoms. The van der Waals surface area contributed by atoms with E-state index in [-0.39, 0.29) is 11.9 Å². The Morgan fingerprint density at radius 3 is 3.08 bits per heavy atom. The van der Waals surface area contributed by atoms with Crippen LogP contribution in [0.5, 0.6) is 0 Å². The van der Waals surface area contributed by atoms with Gasteiger partial charge in [0, 0.05) is 6.20 Å². The Morgan fingerprint density at radius 2 is 2.58 bits per heavy atom. The summed E-state index contributed by atoms with van der Waals surface area (Å²) in [7, 11) is 0. The van der Waals surface area contributed by atoms with Crippen LogP contribution in [0.1, 0.15) is 18.7 Å². The van der Waals surface area contributed by atoms with E-state index in [1.807, 2.05) is 0 Å². The summed E-state index contributed by atoms with van der Waals surface area (Å²) in [4.78, 5) is 14.7. The third-order valence-electron chi connectivity index (χ3n) is 1.71. The largest absolute Gasteiger partial charge is 0.368 e. The number of primary amides is 1. The van der Waals surface area contributed by atoms with Crippen LogP contribution in [0.3, 0.4) is 0 Å². The van der Waals surface area contributed by atoms with Crippen molar-refractivity contribution < 1.29 is 4.79 Å². The van der Waals surface area contributed by atoms with E-state index in [1.165, 1.54) is 0 Å². The number of nitrogens with two attached hydrogens (primary N) is 1. The molecule has 0 aliphatic rings. The summed E-state index contributed by atoms with van der Waals surface area (Å²) < 4.78 is 1.66. The van der Waals surface area contributed by atoms with Crippen molar-refractivity contribution in [3.05, 3.63) is 18.2 Å². The number of rotatable bonds is 3. The maximum absolute atomic E-state index is 10.8. The normalized spacial score (nSPS) is 12.8. The van der Waals surface area contributed by atoms with E-state index in [2.05, 4.69) is 4.98 Å². The third-order valence-corrected chi connectivity index (χ3v) is 1.99. The highest BCUT2D eigenvalue weighted by Crippen LogP contribution is 2.10. The number of carbonyl (C=O) groups excluding carboxylic acids is 1. The van der Waals surface area contributed by atoms with Crippen LogP contribution in [-0.4, -0.2) is 15.5 Å². The fraction of sp³-hybridized carbons (Fsp3) is 0.429. The first-order chi connectivity index (χ1) is 5.66. The number of halogens is 1. The molecule has 0 bridgehead atoms. The van der Waals surface area contributed by atoms with Crippen LogP contribution in [0.25, 0.3) is 0 Å². The molecule has 0 aliphatic carbocycles. The average molecular weight is 188 g/mol. The number of hydrogen-bond donors (Lipinski definition) is 1. The predicted molar refractivity (Wildman–Crippen MR) is 45.7 cm³/mol. The van der Waals surface area contributed by atoms with Crippen LogP contribution < -0.4 is 5.73 Å². The zero-order valence-corrected chi connectivity index (χ0v) is 7.45. The summed E-state index contributed by atoms with van der Waals surface area (Å²) in [6.45, 7) is 1.71. The minimum Gasteiger partial charge on any atom is -0.368 e. The second kappa shape index (κ2) is 3.58. The number of aromatic nitrogens is 2. The van der Waals surface area contributed by atoms with Gasteiger partial charge in [0.25, 0.3) is 0 Å². The first kappa shape index (κ1) is 9.06. The Morgan fingerprint density at radius 1 is 1.92 bits per heavy atom. The molecule has 0 spiro atoms. The SMILES string of the molecule is CC(C(N)=O)n1cncc1CCl. The molecule has 4 nitrogen and oxygen atoms in total. The van der Waals surface area contributed by atoms with E-state index in [1.54, 1.807) is 24.0 Å². The molecule has 1 aromatic rings. The molecule has 0 radical (unpaired) electrons. The standard InChI is InChI=1S/C7H10ClN3O/c1-5(7(9)12)11-4-10-3-6(11)2-8/h3-5H,2H2,1H3,(H2,9,12). The molecule has 12 heavy (non-hydrogen) atoms. The van der Waals surface area contributed by atoms with Crippen molar-refractivity contribution in [3.63, 3.8) is 0 Å². The zero-order chi connectivity index (χ0) is 9.14. The molecule has 0 saturated heterocycles. The van der Waals surface area contributed by atoms with Crippen LogP contribution in [0.4, 0.5) is 0 Å². The second-order valence-corrected chi connectivity index (χ2v) is 2.77. The van der Waals surface area contributed by atoms with Crippen LogP contribution in [0, 0.1) is 0 Å². The highest BCUT2D eigenvalue weighted by atomic mass is 35.5. The molecule has 1 unspecified atom stereocenters. The second-order valence-electron chi connectivity index (χ2n) is 2.50. The first-order valence-corrected chi connectivity index (χ1v) is 4.06. The number of carbonyl (C=O) groups is 1. The average Bonchev–Trinajstić information content (AvgIpc) is 2.49. The molecule has 1 heterocycles. The summed E-state index contributed by atoms with van der Waals surface area (Å²) in [6.07, 6.45) is 3.17. The van der Waals surface area contributed by atoms with Gasteiger partial charge in [0.15, 0.2) is 0 Å². The molecule has 0 fully saturated rings. The molecule has 1 amide bonds. The van der Waals surface area contributed by atoms with E-state index in [0.29, 0.717) is 5.88 Å². The Bertz CT molecular complexity index is 284. The first-order valence-electron chi connectivity index (χ1n) is 3.52. The van der Waals surface area contributed by atoms with E-state index < -0.39 is 0 Å². The van der Waals surface area contributed by atoms with Crippen molar-refractivity contribution in [1.29, 1.82) is 0 Å². The van der Waals surface area contributed by atoms with Crippen molar-refractivity contribution in [1.82, 2.24) is 9.55 Å². The van der Waals surface area contributed by atoms with E-state index >= 15 is 0 Å². The molecule has 0 saturated carbocycles. The Kier molecular flexibility index (Phi) is 2.70. The van der Waals surface area contributed by atoms with Gasteiger partial charge in [-0.15, -0.1) is 11.6 Å². The lowest BCUT2D eigenvalue weighted by Crippen LogP contribution is -2.24. The molecule has 1 rings (SSSR count). The third kappa shape index (κ3) is 1.58. The van der Waals surface area contributed by atoms with Crippen LogP contribution in [-0.2, 0) is 10.7 Å². The Balaban J connectivity index is 2.93. The van der Waals surface area contributed by atoms with Gasteiger partial charge in [-0.05, 0) is 6.92 Å². The molecule has 0 aliphatic heterocycles. The molecule has 1 atom stereocenters. The highest BCUT2D eigenvalue weighted by Gasteiger charge is 2.13. The quantitative estimate of drug-likeness (QED) is 0.707. The summed E-state index contributed by atoms with van der Waals surface area (Å²) in [6, 6.07) is -0.388. The Labute approximate surface area is 75.3 Å². The van der Waals surface area contributed by atoms with Gasteiger partial charge in [-0.1, -0.05) is 0 Å². The van der Waals surface area contributed by atoms with Crippen LogP contribution >= 0.6 is 11.6 Å². The van der Waals surface area contributed by atoms with Gasteiger partial charge >= 0.3 is 0 Å². The van der Waals surface area contributed by atoms with Crippen molar-refractivity contribution in [2.75, 3.05) is 0 Å².